The summed E-state index contributed by atoms with van der Waals surface area (Å²) < 4.78 is 0. The van der Waals surface area contributed by atoms with Crippen LogP contribution in [0.2, 0.25) is 0 Å². The molecule has 0 fully saturated rings. The van der Waals surface area contributed by atoms with E-state index in [2.05, 4.69) is 28.3 Å². The highest BCUT2D eigenvalue weighted by molar-refractivity contribution is 6.04. The molecule has 65 valence electrons. The molecule has 0 atom stereocenters. The van der Waals surface area contributed by atoms with Crippen molar-refractivity contribution in [3.8, 4) is 0 Å². The SMILES string of the molecule is [c]1ccc2ccc3cnccc3c2n1. The second kappa shape index (κ2) is 2.77. The van der Waals surface area contributed by atoms with Crippen molar-refractivity contribution in [1.82, 2.24) is 9.97 Å². The Labute approximate surface area is 81.2 Å². The number of benzene rings is 1. The molecule has 0 unspecified atom stereocenters. The molecule has 0 aliphatic carbocycles. The number of hydrogen-bond acceptors (Lipinski definition) is 2. The molecule has 0 N–H and O–H groups in total. The van der Waals surface area contributed by atoms with Gasteiger partial charge >= 0.3 is 0 Å². The highest BCUT2D eigenvalue weighted by Gasteiger charge is 1.99. The van der Waals surface area contributed by atoms with E-state index in [-0.39, 0.29) is 0 Å². The minimum absolute atomic E-state index is 0.993. The van der Waals surface area contributed by atoms with Gasteiger partial charge in [-0.1, -0.05) is 18.2 Å². The molecule has 1 radical (unpaired) electrons. The summed E-state index contributed by atoms with van der Waals surface area (Å²) in [5.41, 5.74) is 0.993. The minimum Gasteiger partial charge on any atom is -0.264 e. The van der Waals surface area contributed by atoms with Gasteiger partial charge in [0.15, 0.2) is 0 Å². The fourth-order valence-corrected chi connectivity index (χ4v) is 1.66. The van der Waals surface area contributed by atoms with Gasteiger partial charge in [-0.3, -0.25) is 4.98 Å². The van der Waals surface area contributed by atoms with E-state index in [9.17, 15) is 0 Å². The number of aromatic nitrogens is 2. The van der Waals surface area contributed by atoms with Crippen molar-refractivity contribution < 1.29 is 0 Å². The van der Waals surface area contributed by atoms with Crippen LogP contribution in [0.5, 0.6) is 0 Å². The maximum atomic E-state index is 4.26. The van der Waals surface area contributed by atoms with Crippen LogP contribution in [0.15, 0.2) is 42.7 Å². The van der Waals surface area contributed by atoms with Gasteiger partial charge in [-0.25, -0.2) is 4.98 Å². The molecule has 14 heavy (non-hydrogen) atoms. The fraction of sp³-hybridized carbons (Fsp3) is 0. The van der Waals surface area contributed by atoms with Crippen LogP contribution < -0.4 is 0 Å². The van der Waals surface area contributed by atoms with E-state index in [1.54, 1.807) is 6.20 Å². The second-order valence-electron chi connectivity index (χ2n) is 3.17. The lowest BCUT2D eigenvalue weighted by Gasteiger charge is -2.00. The Bertz CT molecular complexity index is 547. The summed E-state index contributed by atoms with van der Waals surface area (Å²) in [5.74, 6) is 0. The number of pyridine rings is 2. The molecular weight excluding hydrogens is 172 g/mol. The standard InChI is InChI=1S/C12H7N2/c1-2-9-3-4-10-8-13-7-5-11(10)12(9)14-6-1/h1-5,7-8H. The van der Waals surface area contributed by atoms with Crippen LogP contribution in [0, 0.1) is 6.20 Å². The summed E-state index contributed by atoms with van der Waals surface area (Å²) in [4.78, 5) is 8.34. The molecule has 2 heterocycles. The molecule has 2 aromatic heterocycles. The Morgan fingerprint density at radius 1 is 1.00 bits per heavy atom. The predicted molar refractivity (Wildman–Crippen MR) is 55.9 cm³/mol. The molecular formula is C12H7N2. The molecule has 0 spiro atoms. The third-order valence-electron chi connectivity index (χ3n) is 2.34. The van der Waals surface area contributed by atoms with Gasteiger partial charge in [0.1, 0.15) is 0 Å². The molecule has 0 bridgehead atoms. The maximum Gasteiger partial charge on any atom is 0.0894 e. The average Bonchev–Trinajstić information content (AvgIpc) is 2.29. The van der Waals surface area contributed by atoms with Crippen LogP contribution in [-0.2, 0) is 0 Å². The van der Waals surface area contributed by atoms with Crippen molar-refractivity contribution in [3.63, 3.8) is 0 Å². The topological polar surface area (TPSA) is 25.8 Å². The van der Waals surface area contributed by atoms with Crippen LogP contribution >= 0.6 is 0 Å². The monoisotopic (exact) mass is 179 g/mol. The van der Waals surface area contributed by atoms with Gasteiger partial charge in [-0.15, -0.1) is 0 Å². The number of hydrogen-bond donors (Lipinski definition) is 0. The Balaban J connectivity index is 2.61. The zero-order chi connectivity index (χ0) is 9.38. The Hall–Kier alpha value is -1.96. The molecule has 0 saturated heterocycles. The van der Waals surface area contributed by atoms with Gasteiger partial charge in [0.05, 0.1) is 11.7 Å². The van der Waals surface area contributed by atoms with E-state index in [1.807, 2.05) is 24.4 Å². The maximum absolute atomic E-state index is 4.26. The van der Waals surface area contributed by atoms with E-state index in [1.165, 1.54) is 0 Å². The van der Waals surface area contributed by atoms with E-state index < -0.39 is 0 Å². The lowest BCUT2D eigenvalue weighted by atomic mass is 10.1. The summed E-state index contributed by atoms with van der Waals surface area (Å²) in [6, 6.07) is 9.95. The summed E-state index contributed by atoms with van der Waals surface area (Å²) in [7, 11) is 0. The van der Waals surface area contributed by atoms with Crippen molar-refractivity contribution in [3.05, 3.63) is 48.9 Å². The lowest BCUT2D eigenvalue weighted by molar-refractivity contribution is 1.36. The molecule has 2 nitrogen and oxygen atoms in total. The van der Waals surface area contributed by atoms with Gasteiger partial charge in [0.25, 0.3) is 0 Å². The van der Waals surface area contributed by atoms with E-state index in [0.29, 0.717) is 0 Å². The molecule has 0 aliphatic rings. The summed E-state index contributed by atoms with van der Waals surface area (Å²) in [6.07, 6.45) is 6.50. The molecule has 3 aromatic rings. The van der Waals surface area contributed by atoms with Gasteiger partial charge in [-0.05, 0) is 12.1 Å². The Morgan fingerprint density at radius 3 is 2.93 bits per heavy atom. The predicted octanol–water partition coefficient (Wildman–Crippen LogP) is 2.58. The van der Waals surface area contributed by atoms with E-state index >= 15 is 0 Å². The number of nitrogens with zero attached hydrogens (tertiary/aromatic N) is 2. The summed E-state index contributed by atoms with van der Waals surface area (Å²) in [5, 5.41) is 3.39. The normalized spacial score (nSPS) is 10.9. The number of rotatable bonds is 0. The Morgan fingerprint density at radius 2 is 1.93 bits per heavy atom. The highest BCUT2D eigenvalue weighted by Crippen LogP contribution is 2.21. The van der Waals surface area contributed by atoms with Gasteiger partial charge < -0.3 is 0 Å². The van der Waals surface area contributed by atoms with Gasteiger partial charge in [-0.2, -0.15) is 0 Å². The zero-order valence-corrected chi connectivity index (χ0v) is 7.44. The van der Waals surface area contributed by atoms with E-state index in [0.717, 1.165) is 21.7 Å². The summed E-state index contributed by atoms with van der Waals surface area (Å²) >= 11 is 0. The van der Waals surface area contributed by atoms with Crippen LogP contribution in [0.3, 0.4) is 0 Å². The zero-order valence-electron chi connectivity index (χ0n) is 7.44. The molecule has 0 saturated carbocycles. The van der Waals surface area contributed by atoms with Crippen molar-refractivity contribution >= 4 is 21.7 Å². The van der Waals surface area contributed by atoms with E-state index in [4.69, 9.17) is 0 Å². The van der Waals surface area contributed by atoms with Crippen LogP contribution in [0.4, 0.5) is 0 Å². The van der Waals surface area contributed by atoms with Crippen molar-refractivity contribution in [1.29, 1.82) is 0 Å². The van der Waals surface area contributed by atoms with Gasteiger partial charge in [0.2, 0.25) is 0 Å². The largest absolute Gasteiger partial charge is 0.264 e. The smallest absolute Gasteiger partial charge is 0.0894 e. The third kappa shape index (κ3) is 0.973. The lowest BCUT2D eigenvalue weighted by Crippen LogP contribution is -1.81. The first-order chi connectivity index (χ1) is 6.95. The average molecular weight is 179 g/mol. The molecule has 0 aliphatic heterocycles. The Kier molecular flexibility index (Phi) is 1.47. The third-order valence-corrected chi connectivity index (χ3v) is 2.34. The van der Waals surface area contributed by atoms with Crippen LogP contribution in [0.1, 0.15) is 0 Å². The molecule has 0 amide bonds. The molecule has 2 heteroatoms. The quantitative estimate of drug-likeness (QED) is 0.496. The van der Waals surface area contributed by atoms with Crippen LogP contribution in [0.25, 0.3) is 21.7 Å². The van der Waals surface area contributed by atoms with Crippen molar-refractivity contribution in [2.24, 2.45) is 0 Å². The number of fused-ring (bicyclic) bond motifs is 3. The molecule has 1 aromatic carbocycles. The first-order valence-electron chi connectivity index (χ1n) is 4.45. The van der Waals surface area contributed by atoms with Gasteiger partial charge in [0, 0.05) is 28.6 Å². The minimum atomic E-state index is 0.993. The van der Waals surface area contributed by atoms with Crippen molar-refractivity contribution in [2.45, 2.75) is 0 Å². The first-order valence-corrected chi connectivity index (χ1v) is 4.45. The summed E-state index contributed by atoms with van der Waals surface area (Å²) in [6.45, 7) is 0. The highest BCUT2D eigenvalue weighted by atomic mass is 14.7. The van der Waals surface area contributed by atoms with Crippen molar-refractivity contribution in [2.75, 3.05) is 0 Å². The fourth-order valence-electron chi connectivity index (χ4n) is 1.66. The second-order valence-corrected chi connectivity index (χ2v) is 3.17. The molecule has 3 rings (SSSR count). The first kappa shape index (κ1) is 7.44. The van der Waals surface area contributed by atoms with Crippen LogP contribution in [-0.4, -0.2) is 9.97 Å².